The van der Waals surface area contributed by atoms with Gasteiger partial charge in [-0.25, -0.2) is 0 Å². The molecule has 0 unspecified atom stereocenters. The van der Waals surface area contributed by atoms with E-state index >= 15 is 0 Å². The van der Waals surface area contributed by atoms with Crippen LogP contribution in [0.1, 0.15) is 36.7 Å². The first-order valence-corrected chi connectivity index (χ1v) is 9.01. The first kappa shape index (κ1) is 19.7. The maximum atomic E-state index is 12.9. The highest BCUT2D eigenvalue weighted by atomic mass is 19.4. The Morgan fingerprint density at radius 1 is 1.14 bits per heavy atom. The molecule has 1 N–H and O–H groups in total. The van der Waals surface area contributed by atoms with E-state index in [1.165, 1.54) is 6.07 Å². The molecule has 0 saturated heterocycles. The largest absolute Gasteiger partial charge is 0.433 e. The van der Waals surface area contributed by atoms with Crippen LogP contribution in [-0.4, -0.2) is 26.8 Å². The third kappa shape index (κ3) is 3.82. The molecule has 5 nitrogen and oxygen atoms in total. The van der Waals surface area contributed by atoms with Gasteiger partial charge in [0.05, 0.1) is 23.3 Å². The monoisotopic (exact) mass is 418 g/mol. The molecule has 1 aliphatic heterocycles. The van der Waals surface area contributed by atoms with Crippen LogP contribution < -0.4 is 5.32 Å². The van der Waals surface area contributed by atoms with Crippen molar-refractivity contribution < 1.29 is 31.1 Å². The summed E-state index contributed by atoms with van der Waals surface area (Å²) in [5.41, 5.74) is 0.140. The molecule has 1 saturated carbocycles. The zero-order chi connectivity index (χ0) is 21.0. The number of hydrogen-bond acceptors (Lipinski definition) is 3. The number of carbonyl (C=O) groups is 1. The van der Waals surface area contributed by atoms with Gasteiger partial charge >= 0.3 is 12.4 Å². The number of alkyl halides is 6. The maximum absolute atomic E-state index is 12.9. The van der Waals surface area contributed by atoms with Crippen LogP contribution >= 0.6 is 0 Å². The van der Waals surface area contributed by atoms with Crippen molar-refractivity contribution in [1.29, 1.82) is 0 Å². The van der Waals surface area contributed by atoms with E-state index in [2.05, 4.69) is 15.4 Å². The summed E-state index contributed by atoms with van der Waals surface area (Å²) in [6.07, 6.45) is -7.72. The van der Waals surface area contributed by atoms with Gasteiger partial charge in [-0.05, 0) is 37.5 Å². The highest BCUT2D eigenvalue weighted by molar-refractivity contribution is 5.80. The molecule has 1 fully saturated rings. The summed E-state index contributed by atoms with van der Waals surface area (Å²) in [4.78, 5) is 15.6. The summed E-state index contributed by atoms with van der Waals surface area (Å²) in [6.45, 7) is 0.452. The molecule has 3 heterocycles. The van der Waals surface area contributed by atoms with E-state index in [0.717, 1.165) is 12.3 Å². The van der Waals surface area contributed by atoms with E-state index in [-0.39, 0.29) is 18.4 Å². The number of nitrogens with one attached hydrogen (secondary N) is 1. The van der Waals surface area contributed by atoms with E-state index in [9.17, 15) is 31.1 Å². The molecule has 1 amide bonds. The smallest absolute Gasteiger partial charge is 0.347 e. The topological polar surface area (TPSA) is 59.8 Å². The van der Waals surface area contributed by atoms with Crippen LogP contribution in [0.4, 0.5) is 26.3 Å². The van der Waals surface area contributed by atoms with Gasteiger partial charge in [-0.1, -0.05) is 0 Å². The molecule has 29 heavy (non-hydrogen) atoms. The van der Waals surface area contributed by atoms with E-state index < -0.39 is 41.8 Å². The van der Waals surface area contributed by atoms with Crippen LogP contribution in [0.2, 0.25) is 0 Å². The number of nitrogens with zero attached hydrogens (tertiary/aromatic N) is 3. The quantitative estimate of drug-likeness (QED) is 0.764. The molecule has 0 spiro atoms. The summed E-state index contributed by atoms with van der Waals surface area (Å²) in [5.74, 6) is -2.55. The lowest BCUT2D eigenvalue weighted by molar-refractivity contribution is -0.204. The summed E-state index contributed by atoms with van der Waals surface area (Å²) < 4.78 is 77.9. The van der Waals surface area contributed by atoms with Gasteiger partial charge in [0.1, 0.15) is 5.69 Å². The van der Waals surface area contributed by atoms with Gasteiger partial charge in [0.25, 0.3) is 0 Å². The van der Waals surface area contributed by atoms with Gasteiger partial charge in [-0.3, -0.25) is 14.5 Å². The maximum Gasteiger partial charge on any atom is 0.433 e. The van der Waals surface area contributed by atoms with Crippen molar-refractivity contribution in [3.63, 3.8) is 0 Å². The molecule has 1 aliphatic carbocycles. The van der Waals surface area contributed by atoms with Crippen molar-refractivity contribution in [2.45, 2.75) is 44.2 Å². The van der Waals surface area contributed by atoms with Crippen LogP contribution in [0.5, 0.6) is 0 Å². The molecule has 11 heteroatoms. The third-order valence-corrected chi connectivity index (χ3v) is 5.43. The minimum Gasteiger partial charge on any atom is -0.347 e. The number of amides is 1. The average molecular weight is 418 g/mol. The highest BCUT2D eigenvalue weighted by Gasteiger charge is 2.50. The van der Waals surface area contributed by atoms with Crippen molar-refractivity contribution >= 4 is 5.91 Å². The number of pyridine rings is 1. The number of hydrogen-bond donors (Lipinski definition) is 1. The molecule has 0 bridgehead atoms. The number of rotatable bonds is 3. The minimum absolute atomic E-state index is 0.218. The Bertz CT molecular complexity index is 929. The Morgan fingerprint density at radius 2 is 1.86 bits per heavy atom. The van der Waals surface area contributed by atoms with Crippen molar-refractivity contribution in [3.8, 4) is 11.3 Å². The van der Waals surface area contributed by atoms with Crippen LogP contribution in [0.25, 0.3) is 11.3 Å². The Balaban J connectivity index is 1.46. The van der Waals surface area contributed by atoms with E-state index in [1.54, 1.807) is 10.7 Å². The van der Waals surface area contributed by atoms with Crippen molar-refractivity contribution in [2.75, 3.05) is 0 Å². The first-order chi connectivity index (χ1) is 13.5. The molecule has 0 radical (unpaired) electrons. The second-order valence-corrected chi connectivity index (χ2v) is 7.36. The van der Waals surface area contributed by atoms with Crippen molar-refractivity contribution in [2.24, 2.45) is 11.8 Å². The number of carbonyl (C=O) groups excluding carboxylic acids is 1. The highest BCUT2D eigenvalue weighted by Crippen LogP contribution is 2.45. The average Bonchev–Trinajstić information content (AvgIpc) is 3.13. The Labute approximate surface area is 161 Å². The molecule has 1 atom stereocenters. The van der Waals surface area contributed by atoms with Gasteiger partial charge in [0.2, 0.25) is 5.91 Å². The molecule has 2 aromatic rings. The summed E-state index contributed by atoms with van der Waals surface area (Å²) >= 11 is 0. The molecule has 2 aromatic heterocycles. The molecule has 2 aliphatic rings. The Hall–Kier alpha value is -2.59. The minimum atomic E-state index is -4.58. The Kier molecular flexibility index (Phi) is 4.58. The lowest BCUT2D eigenvalue weighted by Gasteiger charge is -2.35. The van der Waals surface area contributed by atoms with Gasteiger partial charge in [0.15, 0.2) is 0 Å². The predicted molar refractivity (Wildman–Crippen MR) is 88.2 cm³/mol. The molecule has 4 rings (SSSR count). The van der Waals surface area contributed by atoms with Gasteiger partial charge in [0, 0.05) is 24.2 Å². The lowest BCUT2D eigenvalue weighted by Crippen LogP contribution is -2.44. The first-order valence-electron chi connectivity index (χ1n) is 9.01. The molecular weight excluding hydrogens is 402 g/mol. The summed E-state index contributed by atoms with van der Waals surface area (Å²) in [6, 6.07) is 3.47. The number of fused-ring (bicyclic) bond motifs is 1. The van der Waals surface area contributed by atoms with Gasteiger partial charge < -0.3 is 5.32 Å². The number of aromatic nitrogens is 3. The third-order valence-electron chi connectivity index (χ3n) is 5.43. The summed E-state index contributed by atoms with van der Waals surface area (Å²) in [7, 11) is 0. The predicted octanol–water partition coefficient (Wildman–Crippen LogP) is 4.11. The molecule has 156 valence electrons. The van der Waals surface area contributed by atoms with E-state index in [4.69, 9.17) is 0 Å². The van der Waals surface area contributed by atoms with E-state index in [0.29, 0.717) is 24.4 Å². The van der Waals surface area contributed by atoms with Crippen LogP contribution in [0, 0.1) is 11.8 Å². The van der Waals surface area contributed by atoms with Gasteiger partial charge in [-0.15, -0.1) is 0 Å². The van der Waals surface area contributed by atoms with Crippen molar-refractivity contribution in [1.82, 2.24) is 20.1 Å². The Morgan fingerprint density at radius 3 is 2.52 bits per heavy atom. The summed E-state index contributed by atoms with van der Waals surface area (Å²) in [5, 5.41) is 7.04. The fourth-order valence-corrected chi connectivity index (χ4v) is 3.71. The fourth-order valence-electron chi connectivity index (χ4n) is 3.71. The van der Waals surface area contributed by atoms with E-state index in [1.807, 2.05) is 0 Å². The second-order valence-electron chi connectivity index (χ2n) is 7.36. The normalized spacial score (nSPS) is 24.1. The lowest BCUT2D eigenvalue weighted by atomic mass is 9.74. The molecular formula is C18H16F6N4O. The van der Waals surface area contributed by atoms with Gasteiger partial charge in [-0.2, -0.15) is 31.4 Å². The van der Waals surface area contributed by atoms with Crippen molar-refractivity contribution in [3.05, 3.63) is 35.8 Å². The van der Waals surface area contributed by atoms with Crippen LogP contribution in [0.3, 0.4) is 0 Å². The molecule has 0 aromatic carbocycles. The standard InChI is InChI=1S/C18H16F6N4O/c19-17(20,21)11-5-10(6-11)16(29)26-12-2-4-28-14(12)8-13(27-28)9-1-3-25-15(7-9)18(22,23)24/h1,3,7-8,10-12H,2,4-6H2,(H,26,29)/t10?,11?,12-/m0/s1. The van der Waals surface area contributed by atoms with Crippen LogP contribution in [-0.2, 0) is 17.5 Å². The van der Waals surface area contributed by atoms with Crippen LogP contribution in [0.15, 0.2) is 24.4 Å². The second kappa shape index (κ2) is 6.74. The number of aryl methyl sites for hydroxylation is 1. The number of halogens is 6. The zero-order valence-corrected chi connectivity index (χ0v) is 14.9. The zero-order valence-electron chi connectivity index (χ0n) is 14.9. The SMILES string of the molecule is O=C(N[C@H]1CCn2nc(-c3ccnc(C(F)(F)F)c3)cc21)C1CC(C(F)(F)F)C1. The fraction of sp³-hybridized carbons (Fsp3) is 0.500.